The van der Waals surface area contributed by atoms with Crippen molar-refractivity contribution in [2.75, 3.05) is 0 Å². The van der Waals surface area contributed by atoms with E-state index in [1.54, 1.807) is 18.5 Å². The zero-order chi connectivity index (χ0) is 23.5. The van der Waals surface area contributed by atoms with Crippen LogP contribution < -0.4 is 0 Å². The fraction of sp³-hybridized carbons (Fsp3) is 0.0690. The Hall–Kier alpha value is -4.58. The lowest BCUT2D eigenvalue weighted by atomic mass is 10.1. The average Bonchev–Trinajstić information content (AvgIpc) is 3.44. The Morgan fingerprint density at radius 3 is 2.34 bits per heavy atom. The topological polar surface area (TPSA) is 59.4 Å². The quantitative estimate of drug-likeness (QED) is 0.298. The monoisotopic (exact) mass is 457 g/mol. The molecule has 0 saturated carbocycles. The van der Waals surface area contributed by atoms with Crippen molar-refractivity contribution < 1.29 is 4.39 Å². The molecule has 0 bridgehead atoms. The highest BCUT2D eigenvalue weighted by atomic mass is 19.1. The summed E-state index contributed by atoms with van der Waals surface area (Å²) in [7, 11) is 0. The van der Waals surface area contributed by atoms with Crippen LogP contribution in [0.1, 0.15) is 11.3 Å². The molecule has 3 aromatic carbocycles. The summed E-state index contributed by atoms with van der Waals surface area (Å²) in [6.07, 6.45) is 3.56. The minimum atomic E-state index is -0.268. The maximum absolute atomic E-state index is 14.5. The van der Waals surface area contributed by atoms with Gasteiger partial charge in [0.2, 0.25) is 0 Å². The minimum absolute atomic E-state index is 0.268. The van der Waals surface area contributed by atoms with Crippen LogP contribution in [-0.4, -0.2) is 24.5 Å². The van der Waals surface area contributed by atoms with Gasteiger partial charge in [0.25, 0.3) is 0 Å². The number of rotatable bonds is 3. The van der Waals surface area contributed by atoms with Crippen molar-refractivity contribution in [3.63, 3.8) is 0 Å². The van der Waals surface area contributed by atoms with Crippen LogP contribution in [0.5, 0.6) is 0 Å². The summed E-state index contributed by atoms with van der Waals surface area (Å²) in [5.41, 5.74) is 7.48. The van der Waals surface area contributed by atoms with Crippen LogP contribution in [0.25, 0.3) is 55.1 Å². The first kappa shape index (κ1) is 19.9. The third-order valence-corrected chi connectivity index (χ3v) is 6.77. The van der Waals surface area contributed by atoms with E-state index in [2.05, 4.69) is 38.6 Å². The van der Waals surface area contributed by atoms with Gasteiger partial charge in [-0.25, -0.2) is 9.37 Å². The van der Waals surface area contributed by atoms with Crippen molar-refractivity contribution in [2.45, 2.75) is 13.5 Å². The Kier molecular flexibility index (Phi) is 4.23. The largest absolute Gasteiger partial charge is 0.340 e. The lowest BCUT2D eigenvalue weighted by molar-refractivity contribution is 0.629. The van der Waals surface area contributed by atoms with Crippen molar-refractivity contribution in [1.29, 1.82) is 0 Å². The number of hydrogen-bond acceptors (Lipinski definition) is 3. The van der Waals surface area contributed by atoms with Crippen molar-refractivity contribution >= 4 is 43.7 Å². The highest BCUT2D eigenvalue weighted by molar-refractivity contribution is 6.21. The number of fused-ring (bicyclic) bond motifs is 7. The third-order valence-electron chi connectivity index (χ3n) is 6.77. The third kappa shape index (κ3) is 2.96. The molecule has 0 amide bonds. The number of aromatic amines is 1. The van der Waals surface area contributed by atoms with Gasteiger partial charge in [0.05, 0.1) is 22.1 Å². The standard InChI is InChI=1S/C29H20FN5/c1-17-24(22-15-19(30)11-12-23(22)35(17)16-18-7-3-2-4-8-18)29-33-27-20-9-5-13-31-25(20)26-21(28(27)34-29)10-6-14-32-26/h2-15H,16H2,1H3,(H,33,34). The van der Waals surface area contributed by atoms with E-state index in [1.165, 1.54) is 11.6 Å². The van der Waals surface area contributed by atoms with Gasteiger partial charge in [-0.1, -0.05) is 30.3 Å². The fourth-order valence-electron chi connectivity index (χ4n) is 5.19. The van der Waals surface area contributed by atoms with Gasteiger partial charge in [-0.3, -0.25) is 9.97 Å². The van der Waals surface area contributed by atoms with E-state index in [9.17, 15) is 4.39 Å². The number of imidazole rings is 1. The number of nitrogens with one attached hydrogen (secondary N) is 1. The minimum Gasteiger partial charge on any atom is -0.340 e. The van der Waals surface area contributed by atoms with Crippen LogP contribution in [0.15, 0.2) is 85.2 Å². The summed E-state index contributed by atoms with van der Waals surface area (Å²) in [5, 5.41) is 2.74. The van der Waals surface area contributed by atoms with Gasteiger partial charge in [0.1, 0.15) is 11.6 Å². The van der Waals surface area contributed by atoms with E-state index in [0.29, 0.717) is 12.4 Å². The Labute approximate surface area is 199 Å². The number of halogens is 1. The molecule has 0 fully saturated rings. The predicted octanol–water partition coefficient (Wildman–Crippen LogP) is 6.78. The van der Waals surface area contributed by atoms with E-state index < -0.39 is 0 Å². The molecule has 0 aliphatic carbocycles. The lowest BCUT2D eigenvalue weighted by Crippen LogP contribution is -2.01. The highest BCUT2D eigenvalue weighted by Crippen LogP contribution is 2.38. The van der Waals surface area contributed by atoms with E-state index in [-0.39, 0.29) is 5.82 Å². The van der Waals surface area contributed by atoms with Crippen LogP contribution in [0.4, 0.5) is 4.39 Å². The van der Waals surface area contributed by atoms with E-state index in [0.717, 1.165) is 55.0 Å². The SMILES string of the molecule is Cc1c(-c2nc3c4cccnc4c4ncccc4c3[nH]2)c2cc(F)ccc2n1Cc1ccccc1. The molecular weight excluding hydrogens is 437 g/mol. The van der Waals surface area contributed by atoms with Crippen molar-refractivity contribution in [1.82, 2.24) is 24.5 Å². The number of hydrogen-bond donors (Lipinski definition) is 1. The summed E-state index contributed by atoms with van der Waals surface area (Å²) >= 11 is 0. The zero-order valence-corrected chi connectivity index (χ0v) is 19.0. The second-order valence-electron chi connectivity index (χ2n) is 8.80. The molecule has 6 heteroatoms. The fourth-order valence-corrected chi connectivity index (χ4v) is 5.19. The number of benzene rings is 3. The lowest BCUT2D eigenvalue weighted by Gasteiger charge is -2.08. The molecular formula is C29H20FN5. The van der Waals surface area contributed by atoms with Crippen LogP contribution in [0.3, 0.4) is 0 Å². The van der Waals surface area contributed by atoms with Gasteiger partial charge < -0.3 is 9.55 Å². The number of aromatic nitrogens is 5. The Bertz CT molecular complexity index is 1830. The summed E-state index contributed by atoms with van der Waals surface area (Å²) in [6, 6.07) is 23.2. The molecule has 4 aromatic heterocycles. The predicted molar refractivity (Wildman–Crippen MR) is 138 cm³/mol. The first-order valence-corrected chi connectivity index (χ1v) is 11.5. The molecule has 0 aliphatic rings. The second kappa shape index (κ2) is 7.46. The molecule has 0 saturated heterocycles. The summed E-state index contributed by atoms with van der Waals surface area (Å²) < 4.78 is 16.7. The average molecular weight is 458 g/mol. The maximum atomic E-state index is 14.5. The van der Waals surface area contributed by atoms with Gasteiger partial charge in [0, 0.05) is 51.9 Å². The van der Waals surface area contributed by atoms with Gasteiger partial charge in [-0.2, -0.15) is 0 Å². The van der Waals surface area contributed by atoms with Crippen LogP contribution in [0.2, 0.25) is 0 Å². The molecule has 0 spiro atoms. The van der Waals surface area contributed by atoms with Gasteiger partial charge in [0.15, 0.2) is 0 Å². The Balaban J connectivity index is 1.55. The van der Waals surface area contributed by atoms with Crippen LogP contribution >= 0.6 is 0 Å². The first-order valence-electron chi connectivity index (χ1n) is 11.5. The summed E-state index contributed by atoms with van der Waals surface area (Å²) in [4.78, 5) is 17.8. The summed E-state index contributed by atoms with van der Waals surface area (Å²) in [6.45, 7) is 2.76. The molecule has 0 unspecified atom stereocenters. The second-order valence-corrected chi connectivity index (χ2v) is 8.80. The van der Waals surface area contributed by atoms with Crippen molar-refractivity contribution in [3.05, 3.63) is 102 Å². The number of pyridine rings is 2. The molecule has 7 rings (SSSR count). The first-order chi connectivity index (χ1) is 17.2. The molecule has 0 radical (unpaired) electrons. The number of nitrogens with zero attached hydrogens (tertiary/aromatic N) is 4. The molecule has 35 heavy (non-hydrogen) atoms. The molecule has 0 atom stereocenters. The molecule has 0 aliphatic heterocycles. The van der Waals surface area contributed by atoms with Gasteiger partial charge >= 0.3 is 0 Å². The Morgan fingerprint density at radius 1 is 0.800 bits per heavy atom. The van der Waals surface area contributed by atoms with Crippen molar-refractivity contribution in [3.8, 4) is 11.4 Å². The summed E-state index contributed by atoms with van der Waals surface area (Å²) in [5.74, 6) is 0.442. The van der Waals surface area contributed by atoms with E-state index in [1.807, 2.05) is 48.5 Å². The normalized spacial score (nSPS) is 11.8. The molecule has 5 nitrogen and oxygen atoms in total. The van der Waals surface area contributed by atoms with E-state index in [4.69, 9.17) is 4.98 Å². The molecule has 168 valence electrons. The molecule has 4 heterocycles. The smallest absolute Gasteiger partial charge is 0.140 e. The highest BCUT2D eigenvalue weighted by Gasteiger charge is 2.21. The van der Waals surface area contributed by atoms with Crippen LogP contribution in [-0.2, 0) is 6.54 Å². The molecule has 1 N–H and O–H groups in total. The van der Waals surface area contributed by atoms with Crippen LogP contribution in [0, 0.1) is 12.7 Å². The van der Waals surface area contributed by atoms with Crippen molar-refractivity contribution in [2.24, 2.45) is 0 Å². The number of H-pyrrole nitrogens is 1. The van der Waals surface area contributed by atoms with E-state index >= 15 is 0 Å². The molecule has 7 aromatic rings. The maximum Gasteiger partial charge on any atom is 0.140 e. The zero-order valence-electron chi connectivity index (χ0n) is 19.0. The van der Waals surface area contributed by atoms with Gasteiger partial charge in [-0.05, 0) is 55.0 Å². The van der Waals surface area contributed by atoms with Gasteiger partial charge in [-0.15, -0.1) is 0 Å². The Morgan fingerprint density at radius 2 is 1.54 bits per heavy atom.